The number of anilines is 2. The summed E-state index contributed by atoms with van der Waals surface area (Å²) in [6.45, 7) is 2.21. The molecule has 1 aliphatic heterocycles. The maximum atomic E-state index is 5.93. The van der Waals surface area contributed by atoms with E-state index >= 15 is 0 Å². The first kappa shape index (κ1) is 15.9. The lowest BCUT2D eigenvalue weighted by Gasteiger charge is -2.22. The molecule has 1 aromatic heterocycles. The van der Waals surface area contributed by atoms with E-state index in [0.29, 0.717) is 6.04 Å². The van der Waals surface area contributed by atoms with Crippen LogP contribution in [0.4, 0.5) is 11.6 Å². The Morgan fingerprint density at radius 3 is 2.68 bits per heavy atom. The van der Waals surface area contributed by atoms with Gasteiger partial charge in [-0.1, -0.05) is 48.0 Å². The smallest absolute Gasteiger partial charge is 0.230 e. The van der Waals surface area contributed by atoms with Crippen molar-refractivity contribution in [2.45, 2.75) is 19.4 Å². The van der Waals surface area contributed by atoms with Crippen LogP contribution >= 0.6 is 11.6 Å². The maximum absolute atomic E-state index is 5.93. The van der Waals surface area contributed by atoms with Gasteiger partial charge in [0, 0.05) is 22.9 Å². The number of benzene rings is 2. The average molecular weight is 348 g/mol. The van der Waals surface area contributed by atoms with Crippen LogP contribution < -0.4 is 4.90 Å². The van der Waals surface area contributed by atoms with Gasteiger partial charge in [-0.25, -0.2) is 9.97 Å². The standard InChI is InChI=1S/C21H18ClN3/c1-15-14-17-4-2-3-5-20(17)25(15)21-23-13-12-19(24-21)11-8-16-6-9-18(22)10-7-16/h2-13,15H,14H2,1H3/b11-8+. The van der Waals surface area contributed by atoms with Crippen LogP contribution in [0.25, 0.3) is 12.2 Å². The molecular weight excluding hydrogens is 330 g/mol. The molecular formula is C21H18ClN3. The van der Waals surface area contributed by atoms with Crippen LogP contribution in [-0.2, 0) is 6.42 Å². The van der Waals surface area contributed by atoms with Crippen LogP contribution in [0, 0.1) is 0 Å². The third-order valence-electron chi connectivity index (χ3n) is 4.40. The number of halogens is 1. The van der Waals surface area contributed by atoms with E-state index in [2.05, 4.69) is 41.1 Å². The zero-order chi connectivity index (χ0) is 17.2. The highest BCUT2D eigenvalue weighted by Crippen LogP contribution is 2.36. The molecule has 3 nitrogen and oxygen atoms in total. The first-order valence-corrected chi connectivity index (χ1v) is 8.72. The van der Waals surface area contributed by atoms with Crippen molar-refractivity contribution in [1.82, 2.24) is 9.97 Å². The first-order chi connectivity index (χ1) is 12.2. The number of hydrogen-bond donors (Lipinski definition) is 0. The fourth-order valence-electron chi connectivity index (χ4n) is 3.20. The number of rotatable bonds is 3. The van der Waals surface area contributed by atoms with Crippen molar-refractivity contribution in [2.75, 3.05) is 4.90 Å². The molecule has 25 heavy (non-hydrogen) atoms. The summed E-state index contributed by atoms with van der Waals surface area (Å²) >= 11 is 5.93. The van der Waals surface area contributed by atoms with Gasteiger partial charge in [0.1, 0.15) is 0 Å². The van der Waals surface area contributed by atoms with Gasteiger partial charge in [0.05, 0.1) is 5.69 Å². The molecule has 4 heteroatoms. The van der Waals surface area contributed by atoms with E-state index in [1.165, 1.54) is 11.3 Å². The van der Waals surface area contributed by atoms with Crippen LogP contribution in [0.3, 0.4) is 0 Å². The molecule has 0 fully saturated rings. The van der Waals surface area contributed by atoms with Gasteiger partial charge in [-0.3, -0.25) is 0 Å². The van der Waals surface area contributed by atoms with Gasteiger partial charge in [0.2, 0.25) is 5.95 Å². The zero-order valence-electron chi connectivity index (χ0n) is 13.9. The van der Waals surface area contributed by atoms with E-state index in [0.717, 1.165) is 28.6 Å². The highest BCUT2D eigenvalue weighted by molar-refractivity contribution is 6.30. The van der Waals surface area contributed by atoms with Crippen LogP contribution in [0.2, 0.25) is 5.02 Å². The Morgan fingerprint density at radius 1 is 1.04 bits per heavy atom. The van der Waals surface area contributed by atoms with Crippen molar-refractivity contribution in [1.29, 1.82) is 0 Å². The highest BCUT2D eigenvalue weighted by atomic mass is 35.5. The normalized spacial score (nSPS) is 16.4. The molecule has 0 amide bonds. The Bertz CT molecular complexity index is 918. The fraction of sp³-hybridized carbons (Fsp3) is 0.143. The van der Waals surface area contributed by atoms with Crippen LogP contribution in [0.1, 0.15) is 23.7 Å². The minimum absolute atomic E-state index is 0.355. The molecule has 0 bridgehead atoms. The Morgan fingerprint density at radius 2 is 1.84 bits per heavy atom. The number of para-hydroxylation sites is 1. The third-order valence-corrected chi connectivity index (χ3v) is 4.66. The number of nitrogens with zero attached hydrogens (tertiary/aromatic N) is 3. The summed E-state index contributed by atoms with van der Waals surface area (Å²) in [6, 6.07) is 18.5. The lowest BCUT2D eigenvalue weighted by atomic mass is 10.1. The highest BCUT2D eigenvalue weighted by Gasteiger charge is 2.28. The molecule has 0 spiro atoms. The summed E-state index contributed by atoms with van der Waals surface area (Å²) < 4.78 is 0. The summed E-state index contributed by atoms with van der Waals surface area (Å²) in [7, 11) is 0. The molecule has 0 aliphatic carbocycles. The molecule has 0 N–H and O–H groups in total. The molecule has 2 aromatic carbocycles. The Balaban J connectivity index is 1.63. The van der Waals surface area contributed by atoms with Crippen LogP contribution in [0.5, 0.6) is 0 Å². The predicted octanol–water partition coefficient (Wildman–Crippen LogP) is 5.38. The van der Waals surface area contributed by atoms with Gasteiger partial charge in [0.25, 0.3) is 0 Å². The second kappa shape index (κ2) is 6.69. The van der Waals surface area contributed by atoms with Crippen molar-refractivity contribution < 1.29 is 0 Å². The van der Waals surface area contributed by atoms with E-state index in [4.69, 9.17) is 16.6 Å². The van der Waals surface area contributed by atoms with Gasteiger partial charge in [-0.05, 0) is 54.8 Å². The van der Waals surface area contributed by atoms with Gasteiger partial charge in [0.15, 0.2) is 0 Å². The lowest BCUT2D eigenvalue weighted by Crippen LogP contribution is -2.25. The first-order valence-electron chi connectivity index (χ1n) is 8.34. The molecule has 2 heterocycles. The Labute approximate surface area is 152 Å². The molecule has 0 radical (unpaired) electrons. The molecule has 1 aliphatic rings. The molecule has 4 rings (SSSR count). The van der Waals surface area contributed by atoms with E-state index in [-0.39, 0.29) is 0 Å². The predicted molar refractivity (Wildman–Crippen MR) is 104 cm³/mol. The number of fused-ring (bicyclic) bond motifs is 1. The van der Waals surface area contributed by atoms with Crippen LogP contribution in [-0.4, -0.2) is 16.0 Å². The second-order valence-electron chi connectivity index (χ2n) is 6.22. The average Bonchev–Trinajstić information content (AvgIpc) is 2.97. The minimum Gasteiger partial charge on any atom is -0.307 e. The van der Waals surface area contributed by atoms with Crippen molar-refractivity contribution in [3.05, 3.63) is 82.6 Å². The van der Waals surface area contributed by atoms with E-state index in [1.807, 2.05) is 48.7 Å². The summed E-state index contributed by atoms with van der Waals surface area (Å²) in [5.74, 6) is 0.746. The van der Waals surface area contributed by atoms with Crippen molar-refractivity contribution in [3.63, 3.8) is 0 Å². The summed E-state index contributed by atoms with van der Waals surface area (Å²) in [6.07, 6.45) is 6.87. The molecule has 3 aromatic rings. The summed E-state index contributed by atoms with van der Waals surface area (Å²) in [4.78, 5) is 11.5. The Kier molecular flexibility index (Phi) is 4.24. The molecule has 1 unspecified atom stereocenters. The van der Waals surface area contributed by atoms with Crippen LogP contribution in [0.15, 0.2) is 60.8 Å². The van der Waals surface area contributed by atoms with Crippen molar-refractivity contribution in [2.24, 2.45) is 0 Å². The lowest BCUT2D eigenvalue weighted by molar-refractivity contribution is 0.739. The van der Waals surface area contributed by atoms with E-state index in [1.54, 1.807) is 0 Å². The quantitative estimate of drug-likeness (QED) is 0.636. The summed E-state index contributed by atoms with van der Waals surface area (Å²) in [5, 5.41) is 0.739. The molecule has 0 saturated heterocycles. The van der Waals surface area contributed by atoms with Crippen molar-refractivity contribution >= 4 is 35.4 Å². The topological polar surface area (TPSA) is 29.0 Å². The summed E-state index contributed by atoms with van der Waals surface area (Å²) in [5.41, 5.74) is 4.52. The van der Waals surface area contributed by atoms with Gasteiger partial charge in [-0.2, -0.15) is 0 Å². The minimum atomic E-state index is 0.355. The molecule has 1 atom stereocenters. The second-order valence-corrected chi connectivity index (χ2v) is 6.65. The van der Waals surface area contributed by atoms with Crippen molar-refractivity contribution in [3.8, 4) is 0 Å². The van der Waals surface area contributed by atoms with Gasteiger partial charge < -0.3 is 4.90 Å². The van der Waals surface area contributed by atoms with Gasteiger partial charge in [-0.15, -0.1) is 0 Å². The maximum Gasteiger partial charge on any atom is 0.230 e. The van der Waals surface area contributed by atoms with E-state index in [9.17, 15) is 0 Å². The monoisotopic (exact) mass is 347 g/mol. The fourth-order valence-corrected chi connectivity index (χ4v) is 3.32. The van der Waals surface area contributed by atoms with Gasteiger partial charge >= 0.3 is 0 Å². The van der Waals surface area contributed by atoms with E-state index < -0.39 is 0 Å². The molecule has 124 valence electrons. The SMILES string of the molecule is CC1Cc2ccccc2N1c1nccc(/C=C/c2ccc(Cl)cc2)n1. The third kappa shape index (κ3) is 3.28. The number of hydrogen-bond acceptors (Lipinski definition) is 3. The Hall–Kier alpha value is -2.65. The zero-order valence-corrected chi connectivity index (χ0v) is 14.7. The molecule has 0 saturated carbocycles. The largest absolute Gasteiger partial charge is 0.307 e. The number of aromatic nitrogens is 2.